The predicted octanol–water partition coefficient (Wildman–Crippen LogP) is -3.12. The lowest BCUT2D eigenvalue weighted by Gasteiger charge is -2.32. The molecule has 0 aromatic carbocycles. The van der Waals surface area contributed by atoms with E-state index in [0.717, 1.165) is 6.26 Å². The summed E-state index contributed by atoms with van der Waals surface area (Å²) in [6, 6.07) is 0. The first-order valence-electron chi connectivity index (χ1n) is 10.6. The van der Waals surface area contributed by atoms with E-state index in [9.17, 15) is 28.2 Å². The van der Waals surface area contributed by atoms with Crippen LogP contribution in [0.1, 0.15) is 23.8 Å². The Labute approximate surface area is 194 Å². The van der Waals surface area contributed by atoms with Crippen LogP contribution in [0.4, 0.5) is 5.82 Å². The Morgan fingerprint density at radius 1 is 1.21 bits per heavy atom. The van der Waals surface area contributed by atoms with Crippen LogP contribution in [0.15, 0.2) is 6.33 Å². The van der Waals surface area contributed by atoms with Gasteiger partial charge in [0.15, 0.2) is 23.8 Å². The number of nitrogens with one attached hydrogen (secondary N) is 1. The van der Waals surface area contributed by atoms with Gasteiger partial charge < -0.3 is 30.9 Å². The molecule has 2 amide bonds. The van der Waals surface area contributed by atoms with Crippen molar-refractivity contribution in [3.63, 3.8) is 0 Å². The summed E-state index contributed by atoms with van der Waals surface area (Å²) < 4.78 is 31.6. The lowest BCUT2D eigenvalue weighted by atomic mass is 10.1. The number of sulfonamides is 1. The molecule has 2 saturated heterocycles. The first-order chi connectivity index (χ1) is 16.0. The standard InChI is InChI=1S/C18H26N8O7S/c1-3-20-16(29)12-10(27)11(28)18(33-12)26-8-21-9-13(19)22-14(23-15(9)26)17(30)24-4-6-25(7-5-24)34(2,31)32/h8,10-12,18,27-28H,3-7H2,1-2H3,(H,20,29)(H2,19,22,23)/t10?,11?,12-,18+/m0/s1. The number of nitrogen functional groups attached to an aromatic ring is 1. The zero-order valence-corrected chi connectivity index (χ0v) is 19.3. The Kier molecular flexibility index (Phi) is 6.43. The number of carbonyl (C=O) groups is 2. The summed E-state index contributed by atoms with van der Waals surface area (Å²) in [4.78, 5) is 39.0. The van der Waals surface area contributed by atoms with Crippen molar-refractivity contribution < 1.29 is 33.0 Å². The van der Waals surface area contributed by atoms with Crippen molar-refractivity contribution in [1.82, 2.24) is 34.0 Å². The van der Waals surface area contributed by atoms with E-state index >= 15 is 0 Å². The molecule has 2 unspecified atom stereocenters. The monoisotopic (exact) mass is 498 g/mol. The van der Waals surface area contributed by atoms with Crippen LogP contribution in [0, 0.1) is 0 Å². The van der Waals surface area contributed by atoms with Crippen molar-refractivity contribution in [2.24, 2.45) is 0 Å². The van der Waals surface area contributed by atoms with Crippen molar-refractivity contribution in [3.8, 4) is 0 Å². The molecule has 34 heavy (non-hydrogen) atoms. The number of likely N-dealkylation sites (N-methyl/N-ethyl adjacent to an activating group) is 1. The maximum atomic E-state index is 13.0. The fourth-order valence-electron chi connectivity index (χ4n) is 3.97. The van der Waals surface area contributed by atoms with Gasteiger partial charge in [0.05, 0.1) is 12.6 Å². The highest BCUT2D eigenvalue weighted by atomic mass is 32.2. The number of piperazine rings is 1. The summed E-state index contributed by atoms with van der Waals surface area (Å²) in [5, 5.41) is 23.3. The molecule has 0 radical (unpaired) electrons. The van der Waals surface area contributed by atoms with Crippen molar-refractivity contribution >= 4 is 38.8 Å². The lowest BCUT2D eigenvalue weighted by molar-refractivity contribution is -0.137. The summed E-state index contributed by atoms with van der Waals surface area (Å²) in [6.45, 7) is 2.60. The minimum absolute atomic E-state index is 0.0680. The number of ether oxygens (including phenoxy) is 1. The van der Waals surface area contributed by atoms with Crippen LogP contribution in [0.25, 0.3) is 11.2 Å². The number of rotatable bonds is 5. The molecule has 2 aliphatic heterocycles. The molecular formula is C18H26N8O7S. The van der Waals surface area contributed by atoms with E-state index in [1.807, 2.05) is 0 Å². The van der Waals surface area contributed by atoms with Crippen molar-refractivity contribution in [1.29, 1.82) is 0 Å². The number of nitrogens with two attached hydrogens (primary N) is 1. The number of nitrogens with zero attached hydrogens (tertiary/aromatic N) is 6. The molecule has 0 spiro atoms. The van der Waals surface area contributed by atoms with Gasteiger partial charge in [0.2, 0.25) is 15.8 Å². The Morgan fingerprint density at radius 2 is 1.88 bits per heavy atom. The number of imidazole rings is 1. The largest absolute Gasteiger partial charge is 0.387 e. The second kappa shape index (κ2) is 9.03. The van der Waals surface area contributed by atoms with E-state index in [1.165, 1.54) is 20.1 Å². The van der Waals surface area contributed by atoms with E-state index in [2.05, 4.69) is 20.3 Å². The molecule has 2 aliphatic rings. The average Bonchev–Trinajstić information content (AvgIpc) is 3.34. The summed E-state index contributed by atoms with van der Waals surface area (Å²) in [7, 11) is -3.36. The van der Waals surface area contributed by atoms with Crippen molar-refractivity contribution in [3.05, 3.63) is 12.2 Å². The maximum absolute atomic E-state index is 13.0. The number of amides is 2. The lowest BCUT2D eigenvalue weighted by Crippen LogP contribution is -2.50. The van der Waals surface area contributed by atoms with Crippen LogP contribution in [-0.2, 0) is 19.6 Å². The number of hydrogen-bond donors (Lipinski definition) is 4. The first kappa shape index (κ1) is 24.2. The molecule has 186 valence electrons. The minimum atomic E-state index is -3.36. The van der Waals surface area contributed by atoms with Gasteiger partial charge in [0, 0.05) is 32.7 Å². The Morgan fingerprint density at radius 3 is 2.50 bits per heavy atom. The second-order valence-corrected chi connectivity index (χ2v) is 10.0. The summed E-state index contributed by atoms with van der Waals surface area (Å²) >= 11 is 0. The Hall–Kier alpha value is -2.92. The van der Waals surface area contributed by atoms with Gasteiger partial charge in [-0.1, -0.05) is 0 Å². The SMILES string of the molecule is CCNC(=O)[C@H]1O[C@@H](n2cnc3c(N)nc(C(=O)N4CCN(S(C)(=O)=O)CC4)nc32)C(O)C1O. The number of aliphatic hydroxyl groups excluding tert-OH is 2. The van der Waals surface area contributed by atoms with Crippen LogP contribution in [-0.4, -0.2) is 116 Å². The number of carbonyl (C=O) groups excluding carboxylic acids is 2. The molecule has 2 aromatic rings. The summed E-state index contributed by atoms with van der Waals surface area (Å²) in [5.74, 6) is -1.47. The van der Waals surface area contributed by atoms with Gasteiger partial charge in [-0.15, -0.1) is 0 Å². The highest BCUT2D eigenvalue weighted by Crippen LogP contribution is 2.32. The van der Waals surface area contributed by atoms with Gasteiger partial charge in [-0.3, -0.25) is 14.2 Å². The van der Waals surface area contributed by atoms with Gasteiger partial charge in [-0.25, -0.2) is 23.4 Å². The molecule has 16 heteroatoms. The molecule has 15 nitrogen and oxygen atoms in total. The van der Waals surface area contributed by atoms with E-state index in [4.69, 9.17) is 10.5 Å². The van der Waals surface area contributed by atoms with Gasteiger partial charge >= 0.3 is 0 Å². The van der Waals surface area contributed by atoms with Crippen molar-refractivity contribution in [2.45, 2.75) is 31.5 Å². The molecule has 2 fully saturated rings. The highest BCUT2D eigenvalue weighted by Gasteiger charge is 2.47. The van der Waals surface area contributed by atoms with Crippen LogP contribution in [0.2, 0.25) is 0 Å². The quantitative estimate of drug-likeness (QED) is 0.324. The smallest absolute Gasteiger partial charge is 0.291 e. The first-order valence-corrected chi connectivity index (χ1v) is 12.4. The average molecular weight is 499 g/mol. The number of hydrogen-bond acceptors (Lipinski definition) is 11. The van der Waals surface area contributed by atoms with E-state index in [0.29, 0.717) is 6.54 Å². The zero-order valence-electron chi connectivity index (χ0n) is 18.5. The van der Waals surface area contributed by atoms with E-state index in [-0.39, 0.29) is 49.0 Å². The highest BCUT2D eigenvalue weighted by molar-refractivity contribution is 7.88. The Balaban J connectivity index is 1.61. The molecule has 4 atom stereocenters. The number of fused-ring (bicyclic) bond motifs is 1. The molecular weight excluding hydrogens is 472 g/mol. The van der Waals surface area contributed by atoms with E-state index < -0.39 is 46.4 Å². The molecule has 5 N–H and O–H groups in total. The fraction of sp³-hybridized carbons (Fsp3) is 0.611. The molecule has 0 aliphatic carbocycles. The van der Waals surface area contributed by atoms with Crippen LogP contribution in [0.3, 0.4) is 0 Å². The number of aliphatic hydroxyl groups is 2. The molecule has 0 saturated carbocycles. The van der Waals surface area contributed by atoms with Gasteiger partial charge in [0.25, 0.3) is 11.8 Å². The summed E-state index contributed by atoms with van der Waals surface area (Å²) in [5.41, 5.74) is 6.20. The number of aromatic nitrogens is 4. The van der Waals surface area contributed by atoms with Crippen molar-refractivity contribution in [2.75, 3.05) is 44.7 Å². The number of anilines is 1. The summed E-state index contributed by atoms with van der Waals surface area (Å²) in [6.07, 6.45) is -3.15. The normalized spacial score (nSPS) is 26.2. The minimum Gasteiger partial charge on any atom is -0.387 e. The van der Waals surface area contributed by atoms with E-state index in [1.54, 1.807) is 6.92 Å². The molecule has 2 aromatic heterocycles. The topological polar surface area (TPSA) is 206 Å². The third-order valence-corrected chi connectivity index (χ3v) is 7.06. The third-order valence-electron chi connectivity index (χ3n) is 5.76. The van der Waals surface area contributed by atoms with Crippen LogP contribution < -0.4 is 11.1 Å². The van der Waals surface area contributed by atoms with Crippen LogP contribution in [0.5, 0.6) is 0 Å². The van der Waals surface area contributed by atoms with Gasteiger partial charge in [-0.05, 0) is 6.92 Å². The molecule has 4 rings (SSSR count). The van der Waals surface area contributed by atoms with Crippen LogP contribution >= 0.6 is 0 Å². The second-order valence-electron chi connectivity index (χ2n) is 8.03. The zero-order chi connectivity index (χ0) is 24.8. The predicted molar refractivity (Wildman–Crippen MR) is 117 cm³/mol. The van der Waals surface area contributed by atoms with Gasteiger partial charge in [0.1, 0.15) is 17.7 Å². The van der Waals surface area contributed by atoms with Gasteiger partial charge in [-0.2, -0.15) is 4.31 Å². The molecule has 0 bridgehead atoms. The fourth-order valence-corrected chi connectivity index (χ4v) is 4.79. The molecule has 4 heterocycles. The third kappa shape index (κ3) is 4.29. The Bertz CT molecular complexity index is 1210. The maximum Gasteiger partial charge on any atom is 0.291 e.